The van der Waals surface area contributed by atoms with Crippen LogP contribution < -0.4 is 5.32 Å². The van der Waals surface area contributed by atoms with Gasteiger partial charge >= 0.3 is 5.97 Å². The zero-order chi connectivity index (χ0) is 13.9. The highest BCUT2D eigenvalue weighted by Gasteiger charge is 2.38. The van der Waals surface area contributed by atoms with E-state index >= 15 is 0 Å². The highest BCUT2D eigenvalue weighted by molar-refractivity contribution is 8.14. The molecular formula is C14H24N2O2S. The zero-order valence-electron chi connectivity index (χ0n) is 12.1. The first kappa shape index (κ1) is 14.7. The Labute approximate surface area is 119 Å². The van der Waals surface area contributed by atoms with Gasteiger partial charge in [-0.2, -0.15) is 0 Å². The Bertz CT molecular complexity index is 362. The molecule has 4 nitrogen and oxygen atoms in total. The Morgan fingerprint density at radius 2 is 2.05 bits per heavy atom. The third-order valence-electron chi connectivity index (χ3n) is 4.00. The van der Waals surface area contributed by atoms with Crippen molar-refractivity contribution in [2.75, 3.05) is 12.9 Å². The number of aliphatic imine (C=N–C) groups is 1. The molecule has 5 heteroatoms. The van der Waals surface area contributed by atoms with Crippen LogP contribution in [0.15, 0.2) is 4.99 Å². The van der Waals surface area contributed by atoms with Crippen molar-refractivity contribution in [3.63, 3.8) is 0 Å². The van der Waals surface area contributed by atoms with Crippen LogP contribution in [0, 0.1) is 5.92 Å². The number of rotatable bonds is 3. The largest absolute Gasteiger partial charge is 0.467 e. The number of nitrogens with one attached hydrogen (secondary N) is 1. The second kappa shape index (κ2) is 6.16. The molecule has 0 aromatic carbocycles. The summed E-state index contributed by atoms with van der Waals surface area (Å²) in [6.45, 7) is 4.00. The number of hydrogen-bond donors (Lipinski definition) is 1. The topological polar surface area (TPSA) is 50.7 Å². The summed E-state index contributed by atoms with van der Waals surface area (Å²) < 4.78 is 4.84. The maximum Gasteiger partial charge on any atom is 0.330 e. The molecule has 19 heavy (non-hydrogen) atoms. The van der Waals surface area contributed by atoms with E-state index in [1.54, 1.807) is 11.8 Å². The molecule has 0 radical (unpaired) electrons. The molecule has 0 aromatic rings. The standard InChI is InChI=1S/C14H24N2O2S/c1-10(2)11(12(17)18-3)15-13-16-14(9-19-13)7-5-4-6-8-14/h10-11H,4-9H2,1-3H3,(H,15,16). The number of carbonyl (C=O) groups excluding carboxylic acids is 1. The lowest BCUT2D eigenvalue weighted by atomic mass is 9.83. The van der Waals surface area contributed by atoms with Crippen molar-refractivity contribution in [2.45, 2.75) is 57.5 Å². The summed E-state index contributed by atoms with van der Waals surface area (Å²) in [6, 6.07) is -0.390. The molecule has 0 aromatic heterocycles. The van der Waals surface area contributed by atoms with Crippen LogP contribution in [0.1, 0.15) is 46.0 Å². The van der Waals surface area contributed by atoms with Gasteiger partial charge < -0.3 is 10.1 Å². The van der Waals surface area contributed by atoms with E-state index in [2.05, 4.69) is 10.3 Å². The molecular weight excluding hydrogens is 260 g/mol. The molecule has 1 aliphatic heterocycles. The molecule has 0 amide bonds. The first-order chi connectivity index (χ1) is 9.06. The Morgan fingerprint density at radius 3 is 2.63 bits per heavy atom. The average molecular weight is 284 g/mol. The van der Waals surface area contributed by atoms with Crippen molar-refractivity contribution in [1.29, 1.82) is 0 Å². The number of nitrogens with zero attached hydrogens (tertiary/aromatic N) is 1. The molecule has 1 N–H and O–H groups in total. The summed E-state index contributed by atoms with van der Waals surface area (Å²) in [7, 11) is 1.43. The molecule has 1 aliphatic carbocycles. The molecule has 1 saturated carbocycles. The summed E-state index contributed by atoms with van der Waals surface area (Å²) in [5.74, 6) is 0.998. The molecule has 108 valence electrons. The van der Waals surface area contributed by atoms with Gasteiger partial charge in [-0.3, -0.25) is 0 Å². The molecule has 0 bridgehead atoms. The van der Waals surface area contributed by atoms with Crippen molar-refractivity contribution in [2.24, 2.45) is 10.9 Å². The lowest BCUT2D eigenvalue weighted by Gasteiger charge is -2.32. The highest BCUT2D eigenvalue weighted by Crippen LogP contribution is 2.36. The second-order valence-corrected chi connectivity index (χ2v) is 6.86. The van der Waals surface area contributed by atoms with Crippen molar-refractivity contribution in [3.8, 4) is 0 Å². The fraction of sp³-hybridized carbons (Fsp3) is 0.857. The van der Waals surface area contributed by atoms with Gasteiger partial charge in [0.05, 0.1) is 7.11 Å². The maximum atomic E-state index is 11.7. The fourth-order valence-electron chi connectivity index (χ4n) is 2.79. The molecule has 2 aliphatic rings. The Balaban J connectivity index is 2.05. The number of amidine groups is 1. The van der Waals surface area contributed by atoms with E-state index in [9.17, 15) is 4.79 Å². The number of hydrogen-bond acceptors (Lipinski definition) is 4. The normalized spacial score (nSPS) is 25.6. The number of esters is 1. The van der Waals surface area contributed by atoms with Crippen molar-refractivity contribution in [3.05, 3.63) is 0 Å². The van der Waals surface area contributed by atoms with E-state index in [1.165, 1.54) is 39.2 Å². The van der Waals surface area contributed by atoms with Crippen LogP contribution >= 0.6 is 11.8 Å². The molecule has 1 unspecified atom stereocenters. The van der Waals surface area contributed by atoms with Gasteiger partial charge in [-0.15, -0.1) is 0 Å². The molecule has 1 atom stereocenters. The van der Waals surface area contributed by atoms with Crippen molar-refractivity contribution in [1.82, 2.24) is 5.32 Å². The summed E-state index contributed by atoms with van der Waals surface area (Å²) in [6.07, 6.45) is 6.39. The zero-order valence-corrected chi connectivity index (χ0v) is 12.9. The second-order valence-electron chi connectivity index (χ2n) is 5.90. The van der Waals surface area contributed by atoms with Crippen molar-refractivity contribution >= 4 is 22.9 Å². The Hall–Kier alpha value is -0.710. The van der Waals surface area contributed by atoms with Gasteiger partial charge in [-0.25, -0.2) is 9.79 Å². The van der Waals surface area contributed by atoms with Gasteiger partial charge in [0, 0.05) is 11.3 Å². The van der Waals surface area contributed by atoms with Crippen LogP contribution in [0.25, 0.3) is 0 Å². The van der Waals surface area contributed by atoms with E-state index in [0.29, 0.717) is 0 Å². The lowest BCUT2D eigenvalue weighted by molar-refractivity contribution is -0.143. The lowest BCUT2D eigenvalue weighted by Crippen LogP contribution is -2.45. The summed E-state index contributed by atoms with van der Waals surface area (Å²) in [4.78, 5) is 16.3. The average Bonchev–Trinajstić information content (AvgIpc) is 2.78. The quantitative estimate of drug-likeness (QED) is 0.809. The first-order valence-electron chi connectivity index (χ1n) is 7.13. The van der Waals surface area contributed by atoms with E-state index in [1.807, 2.05) is 13.8 Å². The van der Waals surface area contributed by atoms with Crippen LogP contribution in [-0.2, 0) is 9.53 Å². The minimum Gasteiger partial charge on any atom is -0.467 e. The Morgan fingerprint density at radius 1 is 1.37 bits per heavy atom. The minimum absolute atomic E-state index is 0.158. The molecule has 1 saturated heterocycles. The van der Waals surface area contributed by atoms with E-state index in [0.717, 1.165) is 10.9 Å². The summed E-state index contributed by atoms with van der Waals surface area (Å²) in [5.41, 5.74) is 0.236. The summed E-state index contributed by atoms with van der Waals surface area (Å²) >= 11 is 1.75. The van der Waals surface area contributed by atoms with Gasteiger partial charge in [-0.1, -0.05) is 44.9 Å². The van der Waals surface area contributed by atoms with Crippen molar-refractivity contribution < 1.29 is 9.53 Å². The van der Waals surface area contributed by atoms with E-state index < -0.39 is 6.04 Å². The van der Waals surface area contributed by atoms with Gasteiger partial charge in [-0.05, 0) is 18.8 Å². The smallest absolute Gasteiger partial charge is 0.330 e. The minimum atomic E-state index is -0.390. The SMILES string of the molecule is COC(=O)C(N=C1NC2(CCCCC2)CS1)C(C)C. The van der Waals surface area contributed by atoms with Gasteiger partial charge in [0.15, 0.2) is 11.2 Å². The van der Waals surface area contributed by atoms with Crippen LogP contribution in [-0.4, -0.2) is 35.6 Å². The maximum absolute atomic E-state index is 11.7. The van der Waals surface area contributed by atoms with Gasteiger partial charge in [0.2, 0.25) is 0 Å². The van der Waals surface area contributed by atoms with E-state index in [4.69, 9.17) is 4.74 Å². The molecule has 2 rings (SSSR count). The number of methoxy groups -OCH3 is 1. The van der Waals surface area contributed by atoms with Crippen LogP contribution in [0.4, 0.5) is 0 Å². The monoisotopic (exact) mass is 284 g/mol. The van der Waals surface area contributed by atoms with E-state index in [-0.39, 0.29) is 17.4 Å². The van der Waals surface area contributed by atoms with Crippen LogP contribution in [0.2, 0.25) is 0 Å². The Kier molecular flexibility index (Phi) is 4.76. The number of ether oxygens (including phenoxy) is 1. The molecule has 1 heterocycles. The van der Waals surface area contributed by atoms with Gasteiger partial charge in [0.25, 0.3) is 0 Å². The van der Waals surface area contributed by atoms with Crippen LogP contribution in [0.3, 0.4) is 0 Å². The van der Waals surface area contributed by atoms with Gasteiger partial charge in [0.1, 0.15) is 0 Å². The third-order valence-corrected chi connectivity index (χ3v) is 5.18. The number of carbonyl (C=O) groups is 1. The molecule has 2 fully saturated rings. The summed E-state index contributed by atoms with van der Waals surface area (Å²) in [5, 5.41) is 4.50. The first-order valence-corrected chi connectivity index (χ1v) is 8.11. The fourth-order valence-corrected chi connectivity index (χ4v) is 4.04. The number of thioether (sulfide) groups is 1. The highest BCUT2D eigenvalue weighted by atomic mass is 32.2. The predicted octanol–water partition coefficient (Wildman–Crippen LogP) is 2.58. The third kappa shape index (κ3) is 3.44. The predicted molar refractivity (Wildman–Crippen MR) is 79.5 cm³/mol. The molecule has 1 spiro atoms. The van der Waals surface area contributed by atoms with Crippen LogP contribution in [0.5, 0.6) is 0 Å².